The van der Waals surface area contributed by atoms with Gasteiger partial charge in [0.1, 0.15) is 0 Å². The Morgan fingerprint density at radius 2 is 2.56 bits per heavy atom. The first-order valence-corrected chi connectivity index (χ1v) is 6.93. The van der Waals surface area contributed by atoms with Gasteiger partial charge in [-0.05, 0) is 0 Å². The van der Waals surface area contributed by atoms with Crippen molar-refractivity contribution >= 4 is 0 Å². The molecule has 2 nitrogen and oxygen atoms in total. The van der Waals surface area contributed by atoms with Crippen LogP contribution >= 0.6 is 0 Å². The average Bonchev–Trinajstić information content (AvgIpc) is 2.37. The third-order valence-electron chi connectivity index (χ3n) is 2.13. The molecule has 0 spiro atoms. The Morgan fingerprint density at radius 1 is 1.78 bits per heavy atom. The fourth-order valence-electron chi connectivity index (χ4n) is 1.27. The molecule has 0 amide bonds. The molecule has 1 saturated heterocycles. The molecular weight excluding hydrogens is 328 g/mol. The Morgan fingerprint density at radius 3 is 3.00 bits per heavy atom. The summed E-state index contributed by atoms with van der Waals surface area (Å²) in [5, 5.41) is 3.33. The zero-order chi connectivity index (χ0) is 6.69. The molecule has 1 fully saturated rings. The van der Waals surface area contributed by atoms with Crippen LogP contribution in [-0.4, -0.2) is 19.2 Å². The van der Waals surface area contributed by atoms with E-state index in [1.54, 1.807) is 0 Å². The number of hydrogen-bond donors (Lipinski definition) is 1. The van der Waals surface area contributed by atoms with Crippen molar-refractivity contribution in [2.75, 3.05) is 13.1 Å². The summed E-state index contributed by atoms with van der Waals surface area (Å²) in [5.74, 6) is 0.803. The summed E-state index contributed by atoms with van der Waals surface area (Å²) in [7, 11) is 0. The van der Waals surface area contributed by atoms with Crippen LogP contribution in [0, 0.1) is 49.3 Å². The van der Waals surface area contributed by atoms with E-state index in [9.17, 15) is 0 Å². The van der Waals surface area contributed by atoms with Gasteiger partial charge in [-0.3, -0.25) is 0 Å². The summed E-state index contributed by atoms with van der Waals surface area (Å²) < 4.78 is 5.42. The first-order valence-electron chi connectivity index (χ1n) is 3.58. The van der Waals surface area contributed by atoms with Gasteiger partial charge < -0.3 is 0 Å². The van der Waals surface area contributed by atoms with Gasteiger partial charge in [0.15, 0.2) is 0 Å². The van der Waals surface area contributed by atoms with E-state index in [1.165, 1.54) is 19.5 Å². The molecule has 0 aromatic rings. The first-order chi connectivity index (χ1) is 4.34. The molecule has 0 saturated carbocycles. The molecule has 0 aromatic heterocycles. The van der Waals surface area contributed by atoms with Gasteiger partial charge in [-0.2, -0.15) is 0 Å². The predicted molar refractivity (Wildman–Crippen MR) is 32.9 cm³/mol. The molecule has 1 rings (SSSR count). The van der Waals surface area contributed by atoms with Crippen LogP contribution in [0.4, 0.5) is 0 Å². The van der Waals surface area contributed by atoms with Gasteiger partial charge in [0.25, 0.3) is 0 Å². The quantitative estimate of drug-likeness (QED) is 0.775. The maximum absolute atomic E-state index is 5.42. The predicted octanol–water partition coefficient (Wildman–Crippen LogP) is 0.198. The molecule has 1 aliphatic rings. The summed E-state index contributed by atoms with van der Waals surface area (Å²) in [6.45, 7) is 4.56. The third kappa shape index (κ3) is 2.48. The van der Waals surface area contributed by atoms with E-state index < -0.39 is 0 Å². The van der Waals surface area contributed by atoms with Gasteiger partial charge in [-0.25, -0.2) is 0 Å². The van der Waals surface area contributed by atoms with Crippen molar-refractivity contribution in [3.8, 4) is 0 Å². The summed E-state index contributed by atoms with van der Waals surface area (Å²) >= 11 is 0.291. The van der Waals surface area contributed by atoms with E-state index in [-0.39, 0.29) is 0 Å². The molecule has 9 heavy (non-hydrogen) atoms. The van der Waals surface area contributed by atoms with Crippen LogP contribution in [0.2, 0.25) is 0 Å². The molecule has 0 aromatic carbocycles. The average molecular weight is 341 g/mol. The fourth-order valence-corrected chi connectivity index (χ4v) is 2.85. The molecule has 1 N–H and O–H groups in total. The zero-order valence-electron chi connectivity index (χ0n) is 6.18. The van der Waals surface area contributed by atoms with Gasteiger partial charge in [-0.15, -0.1) is 0 Å². The molecule has 0 aliphatic carbocycles. The maximum atomic E-state index is 5.42. The van der Waals surface area contributed by atoms with Crippen molar-refractivity contribution in [1.29, 1.82) is 0 Å². The Balaban J connectivity index is 2.24. The first kappa shape index (κ1) is 8.48. The van der Waals surface area contributed by atoms with Crippen LogP contribution in [0.25, 0.3) is 0 Å². The van der Waals surface area contributed by atoms with Crippen molar-refractivity contribution < 1.29 is 44.0 Å². The monoisotopic (exact) mass is 341 g/mol. The second-order valence-electron chi connectivity index (χ2n) is 2.69. The van der Waals surface area contributed by atoms with Crippen LogP contribution < -0.4 is 5.32 Å². The van der Waals surface area contributed by atoms with E-state index in [4.69, 9.17) is 0.545 Å². The zero-order valence-corrected chi connectivity index (χ0v) is 14.4. The molecule has 1 aliphatic heterocycles. The van der Waals surface area contributed by atoms with Gasteiger partial charge in [0.05, 0.1) is 0 Å². The normalized spacial score (nSPS) is 30.4. The second-order valence-corrected chi connectivity index (χ2v) is 4.63. The molecule has 0 unspecified atom stereocenters. The van der Waals surface area contributed by atoms with E-state index in [2.05, 4.69) is 12.2 Å². The summed E-state index contributed by atoms with van der Waals surface area (Å²) in [6.07, 6.45) is 1.84. The summed E-state index contributed by atoms with van der Waals surface area (Å²) in [4.78, 5) is 0. The van der Waals surface area contributed by atoms with Crippen molar-refractivity contribution in [2.45, 2.75) is 19.4 Å². The summed E-state index contributed by atoms with van der Waals surface area (Å²) in [5.41, 5.74) is 0. The Kier molecular flexibility index (Phi) is 4.06. The standard InChI is InChI=1S/C6H12NO.Ra.H/c1-5(8)6-2-3-7-4-6;;/h5-7H,2-4H2,1H3;;/q-1;+1;/t5-,6+;;/m1../s1. The Hall–Kier alpha value is 1.39. The van der Waals surface area contributed by atoms with Crippen LogP contribution in [-0.2, 0) is 0.545 Å². The van der Waals surface area contributed by atoms with E-state index in [0.717, 1.165) is 5.92 Å². The second kappa shape index (κ2) is 4.30. The topological polar surface area (TPSA) is 21.3 Å². The van der Waals surface area contributed by atoms with E-state index in [1.807, 2.05) is 0 Å². The SMILES string of the molecule is C[C@@H]([O][RaH])[C@H]1CCNC1. The number of hydrogen-bond acceptors (Lipinski definition) is 2. The van der Waals surface area contributed by atoms with E-state index >= 15 is 0 Å². The van der Waals surface area contributed by atoms with E-state index in [0.29, 0.717) is 49.5 Å². The molecular formula is C6H13NORa. The third-order valence-corrected chi connectivity index (χ3v) is 5.19. The molecule has 3 heteroatoms. The van der Waals surface area contributed by atoms with Gasteiger partial charge >= 0.3 is 87.7 Å². The van der Waals surface area contributed by atoms with Crippen molar-refractivity contribution in [1.82, 2.24) is 5.32 Å². The molecule has 1 heterocycles. The molecule has 0 bridgehead atoms. The van der Waals surface area contributed by atoms with Crippen LogP contribution in [0.3, 0.4) is 0 Å². The number of rotatable bonds is 2. The van der Waals surface area contributed by atoms with Gasteiger partial charge in [-0.1, -0.05) is 0 Å². The Bertz CT molecular complexity index is 83.1. The fraction of sp³-hybridized carbons (Fsp3) is 1.00. The minimum absolute atomic E-state index is 0.291. The van der Waals surface area contributed by atoms with Gasteiger partial charge in [0.2, 0.25) is 0 Å². The molecule has 50 valence electrons. The van der Waals surface area contributed by atoms with Crippen LogP contribution in [0.15, 0.2) is 0 Å². The minimum atomic E-state index is 0.291. The van der Waals surface area contributed by atoms with Crippen LogP contribution in [0.1, 0.15) is 13.3 Å². The van der Waals surface area contributed by atoms with Crippen LogP contribution in [0.5, 0.6) is 0 Å². The molecule has 2 atom stereocenters. The number of nitrogens with one attached hydrogen (secondary N) is 1. The van der Waals surface area contributed by atoms with Crippen molar-refractivity contribution in [2.24, 2.45) is 5.92 Å². The molecule has 0 radical (unpaired) electrons. The van der Waals surface area contributed by atoms with Crippen molar-refractivity contribution in [3.63, 3.8) is 0 Å². The van der Waals surface area contributed by atoms with Gasteiger partial charge in [0, 0.05) is 0 Å². The summed E-state index contributed by atoms with van der Waals surface area (Å²) in [6, 6.07) is 0. The Labute approximate surface area is 86.7 Å². The van der Waals surface area contributed by atoms with Crippen molar-refractivity contribution in [3.05, 3.63) is 0 Å².